The van der Waals surface area contributed by atoms with Crippen LogP contribution in [0.3, 0.4) is 0 Å². The van der Waals surface area contributed by atoms with Gasteiger partial charge in [-0.2, -0.15) is 35.1 Å². The third kappa shape index (κ3) is 6.91. The van der Waals surface area contributed by atoms with Crippen molar-refractivity contribution in [3.05, 3.63) is 89.5 Å². The summed E-state index contributed by atoms with van der Waals surface area (Å²) in [7, 11) is 0. The van der Waals surface area contributed by atoms with Crippen LogP contribution in [0, 0.1) is 0 Å². The van der Waals surface area contributed by atoms with Crippen molar-refractivity contribution in [3.63, 3.8) is 0 Å². The number of ether oxygens (including phenoxy) is 1. The SMILES string of the molecule is CCc1ccc(COc2cccc(N(CC(O)C(F)(F)F)c3cccc(C(F)(F)C(F)(F)F)c3)c2)cc1. The predicted molar refractivity (Wildman–Crippen MR) is 122 cm³/mol. The number of nitrogens with zero attached hydrogens (tertiary/aromatic N) is 1. The average molecular weight is 533 g/mol. The monoisotopic (exact) mass is 533 g/mol. The first kappa shape index (κ1) is 28.2. The van der Waals surface area contributed by atoms with Crippen molar-refractivity contribution in [2.45, 2.75) is 44.3 Å². The Labute approximate surface area is 207 Å². The lowest BCUT2D eigenvalue weighted by atomic mass is 10.1. The smallest absolute Gasteiger partial charge is 0.458 e. The molecular formula is C26H23F8NO2. The molecule has 3 aromatic carbocycles. The van der Waals surface area contributed by atoms with Crippen molar-refractivity contribution >= 4 is 11.4 Å². The van der Waals surface area contributed by atoms with Gasteiger partial charge in [-0.05, 0) is 41.8 Å². The van der Waals surface area contributed by atoms with Gasteiger partial charge in [-0.3, -0.25) is 0 Å². The first-order chi connectivity index (χ1) is 17.2. The molecule has 0 saturated heterocycles. The molecular weight excluding hydrogens is 510 g/mol. The van der Waals surface area contributed by atoms with Gasteiger partial charge in [0.2, 0.25) is 0 Å². The first-order valence-electron chi connectivity index (χ1n) is 11.1. The molecule has 0 aliphatic heterocycles. The van der Waals surface area contributed by atoms with Crippen LogP contribution in [0.4, 0.5) is 46.5 Å². The maximum Gasteiger partial charge on any atom is 0.458 e. The number of alkyl halides is 8. The van der Waals surface area contributed by atoms with Crippen LogP contribution in [-0.4, -0.2) is 30.1 Å². The van der Waals surface area contributed by atoms with Crippen LogP contribution in [0.2, 0.25) is 0 Å². The molecule has 37 heavy (non-hydrogen) atoms. The second-order valence-electron chi connectivity index (χ2n) is 8.25. The molecule has 11 heteroatoms. The number of aliphatic hydroxyl groups is 1. The molecule has 3 aromatic rings. The van der Waals surface area contributed by atoms with E-state index in [-0.39, 0.29) is 18.0 Å². The van der Waals surface area contributed by atoms with Gasteiger partial charge in [-0.1, -0.05) is 49.4 Å². The molecule has 3 rings (SSSR count). The van der Waals surface area contributed by atoms with Gasteiger partial charge in [-0.15, -0.1) is 0 Å². The van der Waals surface area contributed by atoms with Crippen molar-refractivity contribution < 1.29 is 45.0 Å². The predicted octanol–water partition coefficient (Wildman–Crippen LogP) is 7.54. The standard InChI is InChI=1S/C26H23F8NO2/c1-2-17-9-11-18(12-10-17)16-37-22-8-4-7-21(14-22)35(15-23(36)25(29,30)31)20-6-3-5-19(13-20)24(27,28)26(32,33)34/h3-14,23,36H,2,15-16H2,1H3. The minimum absolute atomic E-state index is 0.0189. The Morgan fingerprint density at radius 2 is 1.35 bits per heavy atom. The van der Waals surface area contributed by atoms with E-state index in [0.717, 1.165) is 34.6 Å². The van der Waals surface area contributed by atoms with E-state index in [2.05, 4.69) is 0 Å². The fraction of sp³-hybridized carbons (Fsp3) is 0.308. The third-order valence-corrected chi connectivity index (χ3v) is 5.58. The number of aliphatic hydroxyl groups excluding tert-OH is 1. The van der Waals surface area contributed by atoms with Crippen LogP contribution < -0.4 is 9.64 Å². The Bertz CT molecular complexity index is 1180. The van der Waals surface area contributed by atoms with E-state index >= 15 is 0 Å². The third-order valence-electron chi connectivity index (χ3n) is 5.58. The van der Waals surface area contributed by atoms with Gasteiger partial charge >= 0.3 is 18.3 Å². The number of aryl methyl sites for hydroxylation is 1. The average Bonchev–Trinajstić information content (AvgIpc) is 2.85. The van der Waals surface area contributed by atoms with Gasteiger partial charge < -0.3 is 14.7 Å². The Hall–Kier alpha value is -3.34. The Morgan fingerprint density at radius 3 is 1.92 bits per heavy atom. The minimum atomic E-state index is -5.91. The van der Waals surface area contributed by atoms with Gasteiger partial charge in [0.05, 0.1) is 6.54 Å². The second-order valence-corrected chi connectivity index (χ2v) is 8.25. The molecule has 0 aromatic heterocycles. The highest BCUT2D eigenvalue weighted by Crippen LogP contribution is 2.45. The van der Waals surface area contributed by atoms with Crippen LogP contribution in [0.15, 0.2) is 72.8 Å². The molecule has 0 aliphatic carbocycles. The van der Waals surface area contributed by atoms with Crippen molar-refractivity contribution in [1.82, 2.24) is 0 Å². The normalized spacial score (nSPS) is 13.4. The second kappa shape index (κ2) is 11.0. The van der Waals surface area contributed by atoms with E-state index in [4.69, 9.17) is 4.74 Å². The molecule has 0 bridgehead atoms. The van der Waals surface area contributed by atoms with Crippen LogP contribution in [0.1, 0.15) is 23.6 Å². The Morgan fingerprint density at radius 1 is 0.784 bits per heavy atom. The summed E-state index contributed by atoms with van der Waals surface area (Å²) in [4.78, 5) is 0.803. The van der Waals surface area contributed by atoms with Crippen molar-refractivity contribution in [3.8, 4) is 5.75 Å². The number of rotatable bonds is 9. The quantitative estimate of drug-likeness (QED) is 0.289. The van der Waals surface area contributed by atoms with E-state index < -0.39 is 42.2 Å². The topological polar surface area (TPSA) is 32.7 Å². The zero-order chi connectivity index (χ0) is 27.4. The molecule has 1 unspecified atom stereocenters. The van der Waals surface area contributed by atoms with Gasteiger partial charge in [0.1, 0.15) is 12.4 Å². The molecule has 1 atom stereocenters. The highest BCUT2D eigenvalue weighted by molar-refractivity contribution is 5.65. The molecule has 0 heterocycles. The van der Waals surface area contributed by atoms with Crippen LogP contribution in [0.25, 0.3) is 0 Å². The maximum absolute atomic E-state index is 13.9. The Kier molecular flexibility index (Phi) is 8.36. The lowest BCUT2D eigenvalue weighted by Crippen LogP contribution is -2.39. The molecule has 0 spiro atoms. The first-order valence-corrected chi connectivity index (χ1v) is 11.1. The highest BCUT2D eigenvalue weighted by Gasteiger charge is 2.58. The zero-order valence-electron chi connectivity index (χ0n) is 19.5. The lowest BCUT2D eigenvalue weighted by molar-refractivity contribution is -0.289. The molecule has 1 N–H and O–H groups in total. The van der Waals surface area contributed by atoms with E-state index in [0.29, 0.717) is 12.1 Å². The summed E-state index contributed by atoms with van der Waals surface area (Å²) in [6, 6.07) is 16.0. The van der Waals surface area contributed by atoms with Crippen molar-refractivity contribution in [1.29, 1.82) is 0 Å². The van der Waals surface area contributed by atoms with E-state index in [9.17, 15) is 40.2 Å². The van der Waals surface area contributed by atoms with Crippen molar-refractivity contribution in [2.75, 3.05) is 11.4 Å². The fourth-order valence-corrected chi connectivity index (χ4v) is 3.45. The maximum atomic E-state index is 13.9. The number of benzene rings is 3. The van der Waals surface area contributed by atoms with Crippen LogP contribution in [0.5, 0.6) is 5.75 Å². The molecule has 0 radical (unpaired) electrons. The largest absolute Gasteiger partial charge is 0.489 e. The summed E-state index contributed by atoms with van der Waals surface area (Å²) in [6.07, 6.45) is -13.0. The number of hydrogen-bond donors (Lipinski definition) is 1. The Balaban J connectivity index is 1.95. The summed E-state index contributed by atoms with van der Waals surface area (Å²) in [6.45, 7) is 0.955. The summed E-state index contributed by atoms with van der Waals surface area (Å²) < 4.78 is 112. The molecule has 0 amide bonds. The van der Waals surface area contributed by atoms with Crippen molar-refractivity contribution in [2.24, 2.45) is 0 Å². The molecule has 3 nitrogen and oxygen atoms in total. The number of halogens is 8. The summed E-state index contributed by atoms with van der Waals surface area (Å²) in [5.74, 6) is -5.03. The molecule has 0 aliphatic rings. The van der Waals surface area contributed by atoms with Crippen LogP contribution in [-0.2, 0) is 19.0 Å². The highest BCUT2D eigenvalue weighted by atomic mass is 19.4. The van der Waals surface area contributed by atoms with E-state index in [1.54, 1.807) is 0 Å². The summed E-state index contributed by atoms with van der Waals surface area (Å²) in [5, 5.41) is 9.68. The number of hydrogen-bond acceptors (Lipinski definition) is 3. The summed E-state index contributed by atoms with van der Waals surface area (Å²) >= 11 is 0. The van der Waals surface area contributed by atoms with Crippen LogP contribution >= 0.6 is 0 Å². The van der Waals surface area contributed by atoms with Gasteiger partial charge in [0, 0.05) is 23.0 Å². The molecule has 0 fully saturated rings. The lowest BCUT2D eigenvalue weighted by Gasteiger charge is -2.30. The fourth-order valence-electron chi connectivity index (χ4n) is 3.45. The molecule has 200 valence electrons. The number of anilines is 2. The molecule has 0 saturated carbocycles. The minimum Gasteiger partial charge on any atom is -0.489 e. The van der Waals surface area contributed by atoms with E-state index in [1.165, 1.54) is 24.3 Å². The zero-order valence-corrected chi connectivity index (χ0v) is 19.5. The van der Waals surface area contributed by atoms with E-state index in [1.807, 2.05) is 31.2 Å². The van der Waals surface area contributed by atoms with Gasteiger partial charge in [0.15, 0.2) is 6.10 Å². The summed E-state index contributed by atoms with van der Waals surface area (Å²) in [5.41, 5.74) is 0.0514. The van der Waals surface area contributed by atoms with Gasteiger partial charge in [0.25, 0.3) is 0 Å². The van der Waals surface area contributed by atoms with Gasteiger partial charge in [-0.25, -0.2) is 0 Å².